The number of anilines is 1. The standard InChI is InChI=1S/C26H26N4O4/c31-24(17-29-26(33)21-7-9-22(10-8-21)30-14-2-4-25(30)32)28-16-19-5-11-23(12-6-19)34-18-20-3-1-13-27-15-20/h1,3,5-13,15H,2,4,14,16-18H2,(H,28,31)(H,29,33). The van der Waals surface area contributed by atoms with Gasteiger partial charge in [-0.1, -0.05) is 18.2 Å². The first-order valence-corrected chi connectivity index (χ1v) is 11.1. The molecule has 8 heteroatoms. The van der Waals surface area contributed by atoms with Crippen molar-refractivity contribution in [2.24, 2.45) is 0 Å². The number of carbonyl (C=O) groups excluding carboxylic acids is 3. The van der Waals surface area contributed by atoms with Crippen LogP contribution in [0.15, 0.2) is 73.1 Å². The number of hydrogen-bond acceptors (Lipinski definition) is 5. The van der Waals surface area contributed by atoms with Crippen LogP contribution in [0.4, 0.5) is 5.69 Å². The molecular formula is C26H26N4O4. The molecule has 0 saturated carbocycles. The molecule has 1 aliphatic rings. The SMILES string of the molecule is O=C(CNC(=O)c1ccc(N2CCCC2=O)cc1)NCc1ccc(OCc2cccnc2)cc1. The summed E-state index contributed by atoms with van der Waals surface area (Å²) in [5.41, 5.74) is 3.12. The third kappa shape index (κ3) is 6.19. The van der Waals surface area contributed by atoms with Crippen molar-refractivity contribution in [3.8, 4) is 5.75 Å². The second-order valence-corrected chi connectivity index (χ2v) is 7.95. The first-order valence-electron chi connectivity index (χ1n) is 11.1. The highest BCUT2D eigenvalue weighted by Crippen LogP contribution is 2.21. The zero-order chi connectivity index (χ0) is 23.8. The topological polar surface area (TPSA) is 101 Å². The van der Waals surface area contributed by atoms with Gasteiger partial charge in [0.05, 0.1) is 6.54 Å². The van der Waals surface area contributed by atoms with Gasteiger partial charge in [-0.25, -0.2) is 0 Å². The van der Waals surface area contributed by atoms with E-state index in [0.29, 0.717) is 31.7 Å². The Morgan fingerprint density at radius 2 is 1.76 bits per heavy atom. The van der Waals surface area contributed by atoms with Crippen molar-refractivity contribution < 1.29 is 19.1 Å². The summed E-state index contributed by atoms with van der Waals surface area (Å²) in [6.07, 6.45) is 4.88. The van der Waals surface area contributed by atoms with Crippen molar-refractivity contribution in [3.05, 3.63) is 89.7 Å². The number of carbonyl (C=O) groups is 3. The van der Waals surface area contributed by atoms with Crippen LogP contribution in [0.1, 0.15) is 34.3 Å². The molecule has 0 unspecified atom stereocenters. The number of hydrogen-bond donors (Lipinski definition) is 2. The van der Waals surface area contributed by atoms with Gasteiger partial charge in [0.25, 0.3) is 5.91 Å². The minimum Gasteiger partial charge on any atom is -0.489 e. The third-order valence-corrected chi connectivity index (χ3v) is 5.47. The Labute approximate surface area is 198 Å². The van der Waals surface area contributed by atoms with Crippen molar-refractivity contribution in [2.45, 2.75) is 26.0 Å². The summed E-state index contributed by atoms with van der Waals surface area (Å²) in [5, 5.41) is 5.40. The maximum Gasteiger partial charge on any atom is 0.251 e. The van der Waals surface area contributed by atoms with Gasteiger partial charge in [0.2, 0.25) is 11.8 Å². The lowest BCUT2D eigenvalue weighted by Gasteiger charge is -2.15. The van der Waals surface area contributed by atoms with Crippen LogP contribution in [0.2, 0.25) is 0 Å². The second-order valence-electron chi connectivity index (χ2n) is 7.95. The van der Waals surface area contributed by atoms with E-state index in [4.69, 9.17) is 4.74 Å². The van der Waals surface area contributed by atoms with Crippen LogP contribution < -0.4 is 20.3 Å². The van der Waals surface area contributed by atoms with Crippen LogP contribution in [-0.2, 0) is 22.7 Å². The molecule has 1 saturated heterocycles. The summed E-state index contributed by atoms with van der Waals surface area (Å²) in [6.45, 7) is 1.35. The lowest BCUT2D eigenvalue weighted by molar-refractivity contribution is -0.120. The highest BCUT2D eigenvalue weighted by molar-refractivity contribution is 5.98. The molecular weight excluding hydrogens is 432 g/mol. The van der Waals surface area contributed by atoms with E-state index >= 15 is 0 Å². The van der Waals surface area contributed by atoms with Gasteiger partial charge in [-0.15, -0.1) is 0 Å². The quantitative estimate of drug-likeness (QED) is 0.514. The Morgan fingerprint density at radius 3 is 2.44 bits per heavy atom. The molecule has 34 heavy (non-hydrogen) atoms. The Hall–Kier alpha value is -4.20. The zero-order valence-electron chi connectivity index (χ0n) is 18.7. The third-order valence-electron chi connectivity index (χ3n) is 5.47. The van der Waals surface area contributed by atoms with Gasteiger partial charge in [0.15, 0.2) is 0 Å². The van der Waals surface area contributed by atoms with Crippen molar-refractivity contribution in [1.82, 2.24) is 15.6 Å². The highest BCUT2D eigenvalue weighted by atomic mass is 16.5. The fourth-order valence-corrected chi connectivity index (χ4v) is 3.59. The number of amides is 3. The average molecular weight is 459 g/mol. The summed E-state index contributed by atoms with van der Waals surface area (Å²) in [6, 6.07) is 18.1. The predicted octanol–water partition coefficient (Wildman–Crippen LogP) is 2.83. The first-order chi connectivity index (χ1) is 16.6. The molecule has 2 aromatic carbocycles. The van der Waals surface area contributed by atoms with Crippen LogP contribution in [0.25, 0.3) is 0 Å². The first kappa shape index (κ1) is 23.0. The normalized spacial score (nSPS) is 12.9. The molecule has 0 bridgehead atoms. The smallest absolute Gasteiger partial charge is 0.251 e. The molecule has 1 fully saturated rings. The highest BCUT2D eigenvalue weighted by Gasteiger charge is 2.21. The largest absolute Gasteiger partial charge is 0.489 e. The number of aromatic nitrogens is 1. The van der Waals surface area contributed by atoms with Crippen LogP contribution in [-0.4, -0.2) is 35.8 Å². The number of nitrogens with one attached hydrogen (secondary N) is 2. The van der Waals surface area contributed by atoms with Crippen LogP contribution in [0.3, 0.4) is 0 Å². The van der Waals surface area contributed by atoms with Gasteiger partial charge in [-0.2, -0.15) is 0 Å². The van der Waals surface area contributed by atoms with Gasteiger partial charge >= 0.3 is 0 Å². The molecule has 0 aliphatic carbocycles. The van der Waals surface area contributed by atoms with Crippen LogP contribution in [0.5, 0.6) is 5.75 Å². The Bertz CT molecular complexity index is 1130. The van der Waals surface area contributed by atoms with Crippen molar-refractivity contribution >= 4 is 23.4 Å². The number of pyridine rings is 1. The molecule has 8 nitrogen and oxygen atoms in total. The van der Waals surface area contributed by atoms with E-state index < -0.39 is 0 Å². The molecule has 4 rings (SSSR count). The fourth-order valence-electron chi connectivity index (χ4n) is 3.59. The second kappa shape index (κ2) is 11.1. The van der Waals surface area contributed by atoms with Crippen molar-refractivity contribution in [1.29, 1.82) is 0 Å². The summed E-state index contributed by atoms with van der Waals surface area (Å²) in [4.78, 5) is 42.1. The molecule has 0 atom stereocenters. The molecule has 0 spiro atoms. The monoisotopic (exact) mass is 458 g/mol. The van der Waals surface area contributed by atoms with Crippen molar-refractivity contribution in [3.63, 3.8) is 0 Å². The van der Waals surface area contributed by atoms with Crippen LogP contribution >= 0.6 is 0 Å². The number of rotatable bonds is 9. The predicted molar refractivity (Wildman–Crippen MR) is 127 cm³/mol. The molecule has 174 valence electrons. The minimum atomic E-state index is -0.343. The van der Waals surface area contributed by atoms with Gasteiger partial charge in [0, 0.05) is 48.7 Å². The summed E-state index contributed by atoms with van der Waals surface area (Å²) >= 11 is 0. The maximum atomic E-state index is 12.3. The van der Waals surface area contributed by atoms with Gasteiger partial charge in [-0.3, -0.25) is 19.4 Å². The molecule has 2 heterocycles. The van der Waals surface area contributed by atoms with E-state index in [9.17, 15) is 14.4 Å². The Kier molecular flexibility index (Phi) is 7.49. The lowest BCUT2D eigenvalue weighted by Crippen LogP contribution is -2.36. The van der Waals surface area contributed by atoms with Gasteiger partial charge < -0.3 is 20.3 Å². The number of benzene rings is 2. The maximum absolute atomic E-state index is 12.3. The van der Waals surface area contributed by atoms with E-state index in [1.165, 1.54) is 0 Å². The van der Waals surface area contributed by atoms with Crippen LogP contribution in [0, 0.1) is 0 Å². The molecule has 0 radical (unpaired) electrons. The lowest BCUT2D eigenvalue weighted by atomic mass is 10.2. The Balaban J connectivity index is 1.18. The molecule has 3 amide bonds. The number of ether oxygens (including phenoxy) is 1. The number of nitrogens with zero attached hydrogens (tertiary/aromatic N) is 2. The summed E-state index contributed by atoms with van der Waals surface area (Å²) in [7, 11) is 0. The van der Waals surface area contributed by atoms with Gasteiger partial charge in [0.1, 0.15) is 12.4 Å². The average Bonchev–Trinajstić information content (AvgIpc) is 3.32. The summed E-state index contributed by atoms with van der Waals surface area (Å²) < 4.78 is 5.73. The van der Waals surface area contributed by atoms with E-state index in [2.05, 4.69) is 15.6 Å². The zero-order valence-corrected chi connectivity index (χ0v) is 18.7. The van der Waals surface area contributed by atoms with E-state index in [-0.39, 0.29) is 24.3 Å². The molecule has 1 aromatic heterocycles. The van der Waals surface area contributed by atoms with E-state index in [1.54, 1.807) is 41.6 Å². The Morgan fingerprint density at radius 1 is 0.971 bits per heavy atom. The van der Waals surface area contributed by atoms with Crippen molar-refractivity contribution in [2.75, 3.05) is 18.0 Å². The van der Waals surface area contributed by atoms with Gasteiger partial charge in [-0.05, 0) is 54.4 Å². The summed E-state index contributed by atoms with van der Waals surface area (Å²) in [5.74, 6) is 0.196. The molecule has 3 aromatic rings. The molecule has 2 N–H and O–H groups in total. The van der Waals surface area contributed by atoms with E-state index in [0.717, 1.165) is 29.0 Å². The molecule has 1 aliphatic heterocycles. The van der Waals surface area contributed by atoms with E-state index in [1.807, 2.05) is 36.4 Å². The fraction of sp³-hybridized carbons (Fsp3) is 0.231. The minimum absolute atomic E-state index is 0.0979.